The summed E-state index contributed by atoms with van der Waals surface area (Å²) in [6.07, 6.45) is 1.95. The first kappa shape index (κ1) is 17.5. The second-order valence-corrected chi connectivity index (χ2v) is 7.09. The van der Waals surface area contributed by atoms with E-state index in [9.17, 15) is 14.4 Å². The van der Waals surface area contributed by atoms with Crippen molar-refractivity contribution < 1.29 is 14.3 Å². The monoisotopic (exact) mass is 394 g/mol. The highest BCUT2D eigenvalue weighted by atomic mass is 16.7. The van der Waals surface area contributed by atoms with Crippen LogP contribution in [-0.2, 0) is 6.54 Å². The van der Waals surface area contributed by atoms with Gasteiger partial charge in [0.2, 0.25) is 6.79 Å². The van der Waals surface area contributed by atoms with E-state index in [1.165, 1.54) is 4.57 Å². The lowest BCUT2D eigenvalue weighted by molar-refractivity contribution is 0.102. The number of rotatable bonds is 4. The van der Waals surface area contributed by atoms with Gasteiger partial charge in [0.1, 0.15) is 0 Å². The summed E-state index contributed by atoms with van der Waals surface area (Å²) < 4.78 is 12.0. The molecule has 2 aromatic heterocycles. The standard InChI is InChI=1S/C20H18N4O5/c1-2-24-17-16(19(26)23-20(24)27)12(8-13(22-17)10-3-4-10)18(25)21-11-5-6-14-15(7-11)29-9-28-14/h5-8,10H,2-4,9H2,1H3,(H,21,25)(H,23,26,27). The molecule has 1 amide bonds. The number of ether oxygens (including phenoxy) is 2. The molecule has 1 aliphatic heterocycles. The molecule has 0 radical (unpaired) electrons. The van der Waals surface area contributed by atoms with E-state index < -0.39 is 17.2 Å². The van der Waals surface area contributed by atoms with Crippen LogP contribution in [0.5, 0.6) is 11.5 Å². The van der Waals surface area contributed by atoms with E-state index in [1.807, 2.05) is 0 Å². The van der Waals surface area contributed by atoms with Gasteiger partial charge in [0, 0.05) is 29.9 Å². The number of aromatic nitrogens is 3. The van der Waals surface area contributed by atoms with E-state index in [0.717, 1.165) is 18.5 Å². The van der Waals surface area contributed by atoms with Crippen LogP contribution in [0.2, 0.25) is 0 Å². The maximum absolute atomic E-state index is 13.1. The molecule has 9 nitrogen and oxygen atoms in total. The Bertz CT molecular complexity index is 1270. The highest BCUT2D eigenvalue weighted by Gasteiger charge is 2.28. The number of nitrogens with one attached hydrogen (secondary N) is 2. The number of amides is 1. The highest BCUT2D eigenvalue weighted by Crippen LogP contribution is 2.40. The third-order valence-corrected chi connectivity index (χ3v) is 5.16. The molecule has 1 saturated carbocycles. The molecule has 0 unspecified atom stereocenters. The van der Waals surface area contributed by atoms with Gasteiger partial charge in [-0.15, -0.1) is 0 Å². The molecule has 3 heterocycles. The normalized spacial score (nSPS) is 14.9. The van der Waals surface area contributed by atoms with E-state index in [-0.39, 0.29) is 29.3 Å². The van der Waals surface area contributed by atoms with Crippen LogP contribution in [0.1, 0.15) is 41.7 Å². The number of H-pyrrole nitrogens is 1. The van der Waals surface area contributed by atoms with Gasteiger partial charge in [-0.25, -0.2) is 9.78 Å². The van der Waals surface area contributed by atoms with Crippen LogP contribution in [-0.4, -0.2) is 27.2 Å². The molecule has 0 saturated heterocycles. The number of nitrogens with zero attached hydrogens (tertiary/aromatic N) is 2. The van der Waals surface area contributed by atoms with E-state index in [1.54, 1.807) is 31.2 Å². The summed E-state index contributed by atoms with van der Waals surface area (Å²) in [6.45, 7) is 2.25. The fourth-order valence-corrected chi connectivity index (χ4v) is 3.53. The van der Waals surface area contributed by atoms with Crippen molar-refractivity contribution in [3.63, 3.8) is 0 Å². The first-order chi connectivity index (χ1) is 14.0. The predicted octanol–water partition coefficient (Wildman–Crippen LogP) is 1.96. The fraction of sp³-hybridized carbons (Fsp3) is 0.300. The fourth-order valence-electron chi connectivity index (χ4n) is 3.53. The Hall–Kier alpha value is -3.62. The number of carbonyl (C=O) groups excluding carboxylic acids is 1. The van der Waals surface area contributed by atoms with E-state index in [2.05, 4.69) is 15.3 Å². The van der Waals surface area contributed by atoms with Crippen molar-refractivity contribution >= 4 is 22.6 Å². The molecule has 0 bridgehead atoms. The van der Waals surface area contributed by atoms with E-state index >= 15 is 0 Å². The van der Waals surface area contributed by atoms with Crippen molar-refractivity contribution in [3.05, 3.63) is 56.4 Å². The molecule has 2 aliphatic rings. The lowest BCUT2D eigenvalue weighted by Gasteiger charge is -2.12. The predicted molar refractivity (Wildman–Crippen MR) is 105 cm³/mol. The number of pyridine rings is 1. The molecule has 1 fully saturated rings. The molecular formula is C20H18N4O5. The van der Waals surface area contributed by atoms with Crippen molar-refractivity contribution in [2.24, 2.45) is 0 Å². The molecular weight excluding hydrogens is 376 g/mol. The lowest BCUT2D eigenvalue weighted by Crippen LogP contribution is -2.32. The summed E-state index contributed by atoms with van der Waals surface area (Å²) in [4.78, 5) is 44.7. The number of aromatic amines is 1. The molecule has 0 atom stereocenters. The largest absolute Gasteiger partial charge is 0.454 e. The van der Waals surface area contributed by atoms with E-state index in [0.29, 0.717) is 23.7 Å². The zero-order valence-electron chi connectivity index (χ0n) is 15.7. The Morgan fingerprint density at radius 3 is 2.79 bits per heavy atom. The smallest absolute Gasteiger partial charge is 0.329 e. The highest BCUT2D eigenvalue weighted by molar-refractivity contribution is 6.12. The second kappa shape index (κ2) is 6.47. The van der Waals surface area contributed by atoms with Crippen LogP contribution in [0.3, 0.4) is 0 Å². The quantitative estimate of drug-likeness (QED) is 0.699. The Labute approximate surface area is 164 Å². The minimum atomic E-state index is -0.625. The van der Waals surface area contributed by atoms with Gasteiger partial charge >= 0.3 is 5.69 Å². The lowest BCUT2D eigenvalue weighted by atomic mass is 10.1. The number of anilines is 1. The summed E-state index contributed by atoms with van der Waals surface area (Å²) in [5, 5.41) is 2.91. The third kappa shape index (κ3) is 2.95. The molecule has 9 heteroatoms. The molecule has 0 spiro atoms. The van der Waals surface area contributed by atoms with Crippen LogP contribution >= 0.6 is 0 Å². The molecule has 1 aromatic carbocycles. The van der Waals surface area contributed by atoms with Crippen molar-refractivity contribution in [2.75, 3.05) is 12.1 Å². The van der Waals surface area contributed by atoms with Gasteiger partial charge in [0.05, 0.1) is 10.9 Å². The summed E-state index contributed by atoms with van der Waals surface area (Å²) >= 11 is 0. The SMILES string of the molecule is CCn1c(=O)[nH]c(=O)c2c(C(=O)Nc3ccc4c(c3)OCO4)cc(C3CC3)nc21. The number of fused-ring (bicyclic) bond motifs is 2. The van der Waals surface area contributed by atoms with Gasteiger partial charge in [0.25, 0.3) is 11.5 Å². The van der Waals surface area contributed by atoms with Crippen molar-refractivity contribution in [1.82, 2.24) is 14.5 Å². The second-order valence-electron chi connectivity index (χ2n) is 7.09. The first-order valence-corrected chi connectivity index (χ1v) is 9.44. The number of hydrogen-bond acceptors (Lipinski definition) is 6. The molecule has 148 valence electrons. The Kier molecular flexibility index (Phi) is 3.90. The van der Waals surface area contributed by atoms with Crippen molar-refractivity contribution in [3.8, 4) is 11.5 Å². The van der Waals surface area contributed by atoms with Crippen LogP contribution < -0.4 is 26.0 Å². The number of carbonyl (C=O) groups is 1. The summed E-state index contributed by atoms with van der Waals surface area (Å²) in [5.74, 6) is 0.941. The maximum atomic E-state index is 13.1. The molecule has 1 aliphatic carbocycles. The molecule has 5 rings (SSSR count). The summed E-state index contributed by atoms with van der Waals surface area (Å²) in [5.41, 5.74) is 0.505. The number of benzene rings is 1. The summed E-state index contributed by atoms with van der Waals surface area (Å²) in [6, 6.07) is 6.72. The van der Waals surface area contributed by atoms with Crippen LogP contribution in [0.15, 0.2) is 33.9 Å². The summed E-state index contributed by atoms with van der Waals surface area (Å²) in [7, 11) is 0. The molecule has 2 N–H and O–H groups in total. The van der Waals surface area contributed by atoms with E-state index in [4.69, 9.17) is 9.47 Å². The topological polar surface area (TPSA) is 115 Å². The average Bonchev–Trinajstić information content (AvgIpc) is 3.45. The average molecular weight is 394 g/mol. The minimum absolute atomic E-state index is 0.106. The van der Waals surface area contributed by atoms with Gasteiger partial charge in [-0.1, -0.05) is 0 Å². The van der Waals surface area contributed by atoms with Gasteiger partial charge in [-0.3, -0.25) is 19.1 Å². The van der Waals surface area contributed by atoms with Crippen LogP contribution in [0, 0.1) is 0 Å². The molecule has 3 aromatic rings. The van der Waals surface area contributed by atoms with Crippen molar-refractivity contribution in [2.45, 2.75) is 32.2 Å². The number of hydrogen-bond donors (Lipinski definition) is 2. The zero-order chi connectivity index (χ0) is 20.1. The Balaban J connectivity index is 1.64. The van der Waals surface area contributed by atoms with Crippen LogP contribution in [0.25, 0.3) is 11.0 Å². The maximum Gasteiger partial charge on any atom is 0.329 e. The minimum Gasteiger partial charge on any atom is -0.454 e. The Morgan fingerprint density at radius 1 is 1.24 bits per heavy atom. The third-order valence-electron chi connectivity index (χ3n) is 5.16. The van der Waals surface area contributed by atoms with Crippen molar-refractivity contribution in [1.29, 1.82) is 0 Å². The molecule has 29 heavy (non-hydrogen) atoms. The first-order valence-electron chi connectivity index (χ1n) is 9.44. The van der Waals surface area contributed by atoms with Gasteiger partial charge in [-0.2, -0.15) is 0 Å². The van der Waals surface area contributed by atoms with Gasteiger partial charge in [0.15, 0.2) is 17.1 Å². The number of aryl methyl sites for hydroxylation is 1. The zero-order valence-corrected chi connectivity index (χ0v) is 15.7. The van der Waals surface area contributed by atoms with Gasteiger partial charge in [-0.05, 0) is 38.0 Å². The Morgan fingerprint density at radius 2 is 2.03 bits per heavy atom. The van der Waals surface area contributed by atoms with Gasteiger partial charge < -0.3 is 14.8 Å². The van der Waals surface area contributed by atoms with Crippen LogP contribution in [0.4, 0.5) is 5.69 Å².